The highest BCUT2D eigenvalue weighted by atomic mass is 16.5. The van der Waals surface area contributed by atoms with Gasteiger partial charge in [0.05, 0.1) is 6.61 Å². The summed E-state index contributed by atoms with van der Waals surface area (Å²) in [5, 5.41) is 0. The fourth-order valence-corrected chi connectivity index (χ4v) is 2.07. The molecule has 2 heteroatoms. The Morgan fingerprint density at radius 1 is 0.824 bits per heavy atom. The van der Waals surface area contributed by atoms with Crippen molar-refractivity contribution in [3.05, 3.63) is 0 Å². The Labute approximate surface area is 108 Å². The first-order chi connectivity index (χ1) is 8.31. The Hall–Kier alpha value is -0.0800. The summed E-state index contributed by atoms with van der Waals surface area (Å²) in [7, 11) is 0. The predicted octanol–water partition coefficient (Wildman–Crippen LogP) is 4.27. The Morgan fingerprint density at radius 3 is 1.88 bits per heavy atom. The molecule has 0 fully saturated rings. The van der Waals surface area contributed by atoms with Crippen molar-refractivity contribution in [1.82, 2.24) is 0 Å². The van der Waals surface area contributed by atoms with Gasteiger partial charge in [0.25, 0.3) is 0 Å². The van der Waals surface area contributed by atoms with Gasteiger partial charge in [-0.15, -0.1) is 0 Å². The molecule has 2 nitrogen and oxygen atoms in total. The van der Waals surface area contributed by atoms with E-state index in [1.807, 2.05) is 6.92 Å². The van der Waals surface area contributed by atoms with E-state index in [-0.39, 0.29) is 6.04 Å². The van der Waals surface area contributed by atoms with E-state index < -0.39 is 0 Å². The molecule has 0 saturated carbocycles. The smallest absolute Gasteiger partial charge is 0.0617 e. The van der Waals surface area contributed by atoms with Gasteiger partial charge in [-0.2, -0.15) is 0 Å². The maximum Gasteiger partial charge on any atom is 0.0617 e. The van der Waals surface area contributed by atoms with Crippen molar-refractivity contribution in [2.24, 2.45) is 5.73 Å². The van der Waals surface area contributed by atoms with E-state index in [4.69, 9.17) is 10.5 Å². The van der Waals surface area contributed by atoms with Gasteiger partial charge in [0.2, 0.25) is 0 Å². The summed E-state index contributed by atoms with van der Waals surface area (Å²) in [6.07, 6.45) is 13.5. The third kappa shape index (κ3) is 13.9. The number of ether oxygens (including phenoxy) is 1. The van der Waals surface area contributed by atoms with Gasteiger partial charge < -0.3 is 10.5 Å². The zero-order valence-electron chi connectivity index (χ0n) is 12.0. The highest BCUT2D eigenvalue weighted by Gasteiger charge is 2.01. The van der Waals surface area contributed by atoms with E-state index in [1.165, 1.54) is 57.8 Å². The predicted molar refractivity (Wildman–Crippen MR) is 76.3 cm³/mol. The Kier molecular flexibility index (Phi) is 13.9. The van der Waals surface area contributed by atoms with Crippen LogP contribution in [0.1, 0.15) is 78.1 Å². The monoisotopic (exact) mass is 243 g/mol. The van der Waals surface area contributed by atoms with Crippen molar-refractivity contribution < 1.29 is 4.74 Å². The third-order valence-corrected chi connectivity index (χ3v) is 3.21. The summed E-state index contributed by atoms with van der Waals surface area (Å²) in [5.74, 6) is 0. The highest BCUT2D eigenvalue weighted by molar-refractivity contribution is 4.59. The molecule has 1 unspecified atom stereocenters. The Morgan fingerprint density at radius 2 is 1.35 bits per heavy atom. The number of unbranched alkanes of at least 4 members (excludes halogenated alkanes) is 8. The molecule has 0 aromatic heterocycles. The lowest BCUT2D eigenvalue weighted by atomic mass is 10.0. The van der Waals surface area contributed by atoms with Crippen LogP contribution >= 0.6 is 0 Å². The molecule has 0 rings (SSSR count). The van der Waals surface area contributed by atoms with Crippen molar-refractivity contribution >= 4 is 0 Å². The van der Waals surface area contributed by atoms with Crippen molar-refractivity contribution in [3.63, 3.8) is 0 Å². The molecule has 2 N–H and O–H groups in total. The molecule has 0 aromatic rings. The zero-order chi connectivity index (χ0) is 12.8. The quantitative estimate of drug-likeness (QED) is 0.490. The normalized spacial score (nSPS) is 12.9. The molecule has 0 bridgehead atoms. The van der Waals surface area contributed by atoms with Crippen LogP contribution in [-0.4, -0.2) is 19.3 Å². The molecule has 0 radical (unpaired) electrons. The van der Waals surface area contributed by atoms with Gasteiger partial charge in [-0.3, -0.25) is 0 Å². The van der Waals surface area contributed by atoms with Gasteiger partial charge in [0, 0.05) is 12.6 Å². The minimum Gasteiger partial charge on any atom is -0.380 e. The van der Waals surface area contributed by atoms with Gasteiger partial charge >= 0.3 is 0 Å². The molecular formula is C15H33NO. The van der Waals surface area contributed by atoms with Crippen LogP contribution in [0.25, 0.3) is 0 Å². The maximum atomic E-state index is 5.93. The van der Waals surface area contributed by atoms with Crippen LogP contribution < -0.4 is 5.73 Å². The lowest BCUT2D eigenvalue weighted by Crippen LogP contribution is -2.25. The fraction of sp³-hybridized carbons (Fsp3) is 1.00. The second kappa shape index (κ2) is 14.0. The van der Waals surface area contributed by atoms with E-state index in [1.54, 1.807) is 0 Å². The summed E-state index contributed by atoms with van der Waals surface area (Å²) in [6, 6.07) is 0.250. The third-order valence-electron chi connectivity index (χ3n) is 3.21. The molecule has 17 heavy (non-hydrogen) atoms. The van der Waals surface area contributed by atoms with Crippen LogP contribution in [0, 0.1) is 0 Å². The molecule has 0 aromatic carbocycles. The minimum atomic E-state index is 0.250. The van der Waals surface area contributed by atoms with Gasteiger partial charge in [0.1, 0.15) is 0 Å². The maximum absolute atomic E-state index is 5.93. The Balaban J connectivity index is 3.02. The summed E-state index contributed by atoms with van der Waals surface area (Å²) in [4.78, 5) is 0. The minimum absolute atomic E-state index is 0.250. The van der Waals surface area contributed by atoms with E-state index in [2.05, 4.69) is 6.92 Å². The zero-order valence-corrected chi connectivity index (χ0v) is 12.0. The van der Waals surface area contributed by atoms with Crippen molar-refractivity contribution in [1.29, 1.82) is 0 Å². The Bertz CT molecular complexity index is 139. The summed E-state index contributed by atoms with van der Waals surface area (Å²) in [5.41, 5.74) is 5.93. The molecule has 0 spiro atoms. The molecular weight excluding hydrogens is 210 g/mol. The molecule has 0 amide bonds. The van der Waals surface area contributed by atoms with Gasteiger partial charge in [0.15, 0.2) is 0 Å². The van der Waals surface area contributed by atoms with E-state index in [9.17, 15) is 0 Å². The second-order valence-corrected chi connectivity index (χ2v) is 5.04. The van der Waals surface area contributed by atoms with Crippen LogP contribution in [0.15, 0.2) is 0 Å². The van der Waals surface area contributed by atoms with Crippen molar-refractivity contribution in [3.8, 4) is 0 Å². The molecule has 0 saturated heterocycles. The largest absolute Gasteiger partial charge is 0.380 e. The molecule has 104 valence electrons. The number of rotatable bonds is 13. The van der Waals surface area contributed by atoms with Gasteiger partial charge in [-0.25, -0.2) is 0 Å². The first-order valence-electron chi connectivity index (χ1n) is 7.64. The second-order valence-electron chi connectivity index (χ2n) is 5.04. The van der Waals surface area contributed by atoms with Crippen LogP contribution in [0.5, 0.6) is 0 Å². The fourth-order valence-electron chi connectivity index (χ4n) is 2.07. The van der Waals surface area contributed by atoms with Gasteiger partial charge in [-0.05, 0) is 13.3 Å². The number of hydrogen-bond acceptors (Lipinski definition) is 2. The molecule has 0 aliphatic heterocycles. The number of nitrogens with two attached hydrogens (primary N) is 1. The molecule has 0 heterocycles. The summed E-state index contributed by atoms with van der Waals surface area (Å²) >= 11 is 0. The van der Waals surface area contributed by atoms with Crippen LogP contribution in [-0.2, 0) is 4.74 Å². The summed E-state index contributed by atoms with van der Waals surface area (Å²) in [6.45, 7) is 5.80. The van der Waals surface area contributed by atoms with Crippen LogP contribution in [0.2, 0.25) is 0 Å². The molecule has 0 aliphatic carbocycles. The van der Waals surface area contributed by atoms with Crippen molar-refractivity contribution in [2.45, 2.75) is 84.1 Å². The molecule has 0 aliphatic rings. The lowest BCUT2D eigenvalue weighted by molar-refractivity contribution is 0.130. The van der Waals surface area contributed by atoms with Crippen molar-refractivity contribution in [2.75, 3.05) is 13.2 Å². The lowest BCUT2D eigenvalue weighted by Gasteiger charge is -2.10. The first kappa shape index (κ1) is 16.9. The van der Waals surface area contributed by atoms with E-state index in [0.29, 0.717) is 0 Å². The number of hydrogen-bond donors (Lipinski definition) is 1. The average Bonchev–Trinajstić information content (AvgIpc) is 2.34. The average molecular weight is 243 g/mol. The van der Waals surface area contributed by atoms with Crippen LogP contribution in [0.4, 0.5) is 0 Å². The highest BCUT2D eigenvalue weighted by Crippen LogP contribution is 2.11. The molecule has 1 atom stereocenters. The van der Waals surface area contributed by atoms with Crippen LogP contribution in [0.3, 0.4) is 0 Å². The SMILES string of the molecule is CCCCCCCCCCCC(N)COCC. The van der Waals surface area contributed by atoms with Gasteiger partial charge in [-0.1, -0.05) is 64.7 Å². The standard InChI is InChI=1S/C15H33NO/c1-3-5-6-7-8-9-10-11-12-13-15(16)14-17-4-2/h15H,3-14,16H2,1-2H3. The van der Waals surface area contributed by atoms with E-state index in [0.717, 1.165) is 19.6 Å². The van der Waals surface area contributed by atoms with E-state index >= 15 is 0 Å². The first-order valence-corrected chi connectivity index (χ1v) is 7.64. The summed E-state index contributed by atoms with van der Waals surface area (Å²) < 4.78 is 5.30. The topological polar surface area (TPSA) is 35.2 Å².